The Morgan fingerprint density at radius 3 is 2.08 bits per heavy atom. The molecule has 4 nitrogen and oxygen atoms in total. The maximum Gasteiger partial charge on any atom is 0.182 e. The Bertz CT molecular complexity index is 1020. The Hall–Kier alpha value is -2.72. The van der Waals surface area contributed by atoms with Crippen LogP contribution in [0, 0.1) is 6.92 Å². The van der Waals surface area contributed by atoms with E-state index in [0.717, 1.165) is 22.2 Å². The molecular formula is C21H21ClN4. The average molecular weight is 365 g/mol. The zero-order valence-electron chi connectivity index (χ0n) is 15.4. The first-order chi connectivity index (χ1) is 12.6. The fraction of sp³-hybridized carbons (Fsp3) is 0.190. The molecule has 4 rings (SSSR count). The first-order valence-electron chi connectivity index (χ1n) is 8.66. The highest BCUT2D eigenvalue weighted by molar-refractivity contribution is 6.38. The van der Waals surface area contributed by atoms with E-state index in [4.69, 9.17) is 11.6 Å². The molecule has 0 spiro atoms. The van der Waals surface area contributed by atoms with Gasteiger partial charge in [0.1, 0.15) is 11.4 Å². The van der Waals surface area contributed by atoms with Crippen molar-refractivity contribution in [2.45, 2.75) is 20.8 Å². The van der Waals surface area contributed by atoms with Crippen LogP contribution in [0.4, 0.5) is 0 Å². The molecule has 4 aromatic rings. The fourth-order valence-corrected chi connectivity index (χ4v) is 3.11. The van der Waals surface area contributed by atoms with E-state index in [2.05, 4.69) is 46.5 Å². The first kappa shape index (κ1) is 18.1. The van der Waals surface area contributed by atoms with Gasteiger partial charge >= 0.3 is 0 Å². The van der Waals surface area contributed by atoms with E-state index >= 15 is 0 Å². The van der Waals surface area contributed by atoms with Crippen molar-refractivity contribution in [3.05, 3.63) is 65.2 Å². The van der Waals surface area contributed by atoms with Crippen LogP contribution in [0.15, 0.2) is 54.6 Å². The fourth-order valence-electron chi connectivity index (χ4n) is 2.79. The molecule has 0 fully saturated rings. The second-order valence-electron chi connectivity index (χ2n) is 5.77. The van der Waals surface area contributed by atoms with Crippen LogP contribution in [-0.2, 0) is 7.05 Å². The third-order valence-electron chi connectivity index (χ3n) is 4.06. The summed E-state index contributed by atoms with van der Waals surface area (Å²) in [6.07, 6.45) is 0. The normalized spacial score (nSPS) is 10.5. The lowest BCUT2D eigenvalue weighted by molar-refractivity contribution is 0.781. The van der Waals surface area contributed by atoms with Crippen LogP contribution < -0.4 is 0 Å². The van der Waals surface area contributed by atoms with Crippen LogP contribution in [0.25, 0.3) is 33.5 Å². The molecule has 0 aliphatic carbocycles. The number of halogens is 1. The van der Waals surface area contributed by atoms with E-state index in [9.17, 15) is 0 Å². The summed E-state index contributed by atoms with van der Waals surface area (Å²) in [5.74, 6) is 0. The van der Waals surface area contributed by atoms with Gasteiger partial charge in [0.05, 0.1) is 10.4 Å². The minimum absolute atomic E-state index is 0.579. The van der Waals surface area contributed by atoms with Crippen molar-refractivity contribution in [2.24, 2.45) is 7.05 Å². The van der Waals surface area contributed by atoms with Gasteiger partial charge in [-0.1, -0.05) is 85.6 Å². The lowest BCUT2D eigenvalue weighted by Crippen LogP contribution is -1.95. The standard InChI is InChI=1S/C19H15ClN4.C2H6/c1-12-8-10-14(11-9-12)17-15-16(20)18(13-6-4-3-5-7-13)21-22-19(15)24(2)23-17;1-2/h3-11H,1-2H3;1-2H3. The molecule has 0 N–H and O–H groups in total. The second-order valence-corrected chi connectivity index (χ2v) is 6.14. The predicted molar refractivity (Wildman–Crippen MR) is 108 cm³/mol. The highest BCUT2D eigenvalue weighted by atomic mass is 35.5. The smallest absolute Gasteiger partial charge is 0.182 e. The lowest BCUT2D eigenvalue weighted by Gasteiger charge is -2.05. The number of hydrogen-bond acceptors (Lipinski definition) is 3. The zero-order valence-corrected chi connectivity index (χ0v) is 16.1. The summed E-state index contributed by atoms with van der Waals surface area (Å²) in [5.41, 5.74) is 5.33. The van der Waals surface area contributed by atoms with Crippen molar-refractivity contribution in [1.29, 1.82) is 0 Å². The molecule has 0 aliphatic rings. The van der Waals surface area contributed by atoms with Crippen LogP contribution in [0.3, 0.4) is 0 Å². The largest absolute Gasteiger partial charge is 0.248 e. The molecule has 0 atom stereocenters. The molecule has 2 aromatic carbocycles. The molecule has 26 heavy (non-hydrogen) atoms. The second kappa shape index (κ2) is 7.67. The molecular weight excluding hydrogens is 344 g/mol. The number of rotatable bonds is 2. The van der Waals surface area contributed by atoms with Gasteiger partial charge in [0.25, 0.3) is 0 Å². The number of aromatic nitrogens is 4. The quantitative estimate of drug-likeness (QED) is 0.459. The molecule has 5 heteroatoms. The maximum absolute atomic E-state index is 6.72. The van der Waals surface area contributed by atoms with E-state index in [0.29, 0.717) is 16.4 Å². The molecule has 0 amide bonds. The topological polar surface area (TPSA) is 43.6 Å². The summed E-state index contributed by atoms with van der Waals surface area (Å²) < 4.78 is 1.72. The minimum atomic E-state index is 0.579. The molecule has 0 unspecified atom stereocenters. The van der Waals surface area contributed by atoms with Crippen LogP contribution in [0.5, 0.6) is 0 Å². The van der Waals surface area contributed by atoms with Gasteiger partial charge in [-0.05, 0) is 6.92 Å². The first-order valence-corrected chi connectivity index (χ1v) is 9.04. The Morgan fingerprint density at radius 1 is 0.808 bits per heavy atom. The summed E-state index contributed by atoms with van der Waals surface area (Å²) in [6, 6.07) is 18.1. The molecule has 132 valence electrons. The van der Waals surface area contributed by atoms with Gasteiger partial charge in [-0.15, -0.1) is 10.2 Å². The van der Waals surface area contributed by atoms with Gasteiger partial charge in [0.2, 0.25) is 0 Å². The van der Waals surface area contributed by atoms with E-state index in [-0.39, 0.29) is 0 Å². The molecule has 2 heterocycles. The Kier molecular flexibility index (Phi) is 5.33. The highest BCUT2D eigenvalue weighted by Gasteiger charge is 2.19. The van der Waals surface area contributed by atoms with Gasteiger partial charge in [-0.2, -0.15) is 5.10 Å². The average Bonchev–Trinajstić information content (AvgIpc) is 3.03. The Morgan fingerprint density at radius 2 is 1.42 bits per heavy atom. The van der Waals surface area contributed by atoms with Crippen molar-refractivity contribution in [3.8, 4) is 22.5 Å². The van der Waals surface area contributed by atoms with Gasteiger partial charge in [0, 0.05) is 18.2 Å². The van der Waals surface area contributed by atoms with E-state index in [1.165, 1.54) is 5.56 Å². The highest BCUT2D eigenvalue weighted by Crippen LogP contribution is 2.36. The zero-order chi connectivity index (χ0) is 18.7. The van der Waals surface area contributed by atoms with E-state index in [1.807, 2.05) is 51.2 Å². The number of fused-ring (bicyclic) bond motifs is 1. The van der Waals surface area contributed by atoms with Crippen molar-refractivity contribution in [2.75, 3.05) is 0 Å². The van der Waals surface area contributed by atoms with Crippen LogP contribution in [-0.4, -0.2) is 20.0 Å². The summed E-state index contributed by atoms with van der Waals surface area (Å²) in [6.45, 7) is 6.06. The van der Waals surface area contributed by atoms with Gasteiger partial charge in [0.15, 0.2) is 5.65 Å². The van der Waals surface area contributed by atoms with E-state index in [1.54, 1.807) is 4.68 Å². The molecule has 0 radical (unpaired) electrons. The van der Waals surface area contributed by atoms with Crippen LogP contribution in [0.1, 0.15) is 19.4 Å². The van der Waals surface area contributed by atoms with Crippen LogP contribution >= 0.6 is 11.6 Å². The summed E-state index contributed by atoms with van der Waals surface area (Å²) in [5, 5.41) is 14.7. The Labute approximate surface area is 158 Å². The number of benzene rings is 2. The van der Waals surface area contributed by atoms with Gasteiger partial charge in [-0.3, -0.25) is 0 Å². The summed E-state index contributed by atoms with van der Waals surface area (Å²) in [7, 11) is 1.85. The number of hydrogen-bond donors (Lipinski definition) is 0. The third-order valence-corrected chi connectivity index (χ3v) is 4.43. The van der Waals surface area contributed by atoms with E-state index < -0.39 is 0 Å². The summed E-state index contributed by atoms with van der Waals surface area (Å²) in [4.78, 5) is 0. The van der Waals surface area contributed by atoms with Gasteiger partial charge < -0.3 is 0 Å². The summed E-state index contributed by atoms with van der Waals surface area (Å²) >= 11 is 6.72. The van der Waals surface area contributed by atoms with Crippen molar-refractivity contribution in [1.82, 2.24) is 20.0 Å². The predicted octanol–water partition coefficient (Wildman–Crippen LogP) is 5.69. The molecule has 0 aliphatic heterocycles. The molecule has 2 aromatic heterocycles. The molecule has 0 saturated carbocycles. The third kappa shape index (κ3) is 3.20. The monoisotopic (exact) mass is 364 g/mol. The Balaban J connectivity index is 0.000000948. The maximum atomic E-state index is 6.72. The lowest BCUT2D eigenvalue weighted by atomic mass is 10.1. The molecule has 0 saturated heterocycles. The van der Waals surface area contributed by atoms with Gasteiger partial charge in [-0.25, -0.2) is 4.68 Å². The number of aryl methyl sites for hydroxylation is 2. The van der Waals surface area contributed by atoms with Crippen molar-refractivity contribution >= 4 is 22.6 Å². The van der Waals surface area contributed by atoms with Crippen molar-refractivity contribution < 1.29 is 0 Å². The minimum Gasteiger partial charge on any atom is -0.248 e. The SMILES string of the molecule is CC.Cc1ccc(-c2nn(C)c3nnc(-c4ccccc4)c(Cl)c23)cc1. The van der Waals surface area contributed by atoms with Crippen molar-refractivity contribution in [3.63, 3.8) is 0 Å². The molecule has 0 bridgehead atoms. The number of nitrogens with zero attached hydrogens (tertiary/aromatic N) is 4. The van der Waals surface area contributed by atoms with Crippen LogP contribution in [0.2, 0.25) is 5.02 Å².